The third-order valence-electron chi connectivity index (χ3n) is 4.48. The van der Waals surface area contributed by atoms with Crippen LogP contribution >= 0.6 is 0 Å². The van der Waals surface area contributed by atoms with Crippen LogP contribution in [0.5, 0.6) is 5.75 Å². The Balaban J connectivity index is 1.73. The van der Waals surface area contributed by atoms with Gasteiger partial charge in [-0.05, 0) is 42.3 Å². The number of hydrogen-bond donors (Lipinski definition) is 1. The van der Waals surface area contributed by atoms with E-state index in [0.717, 1.165) is 11.1 Å². The molecule has 0 saturated heterocycles. The van der Waals surface area contributed by atoms with Crippen molar-refractivity contribution in [2.75, 3.05) is 0 Å². The Morgan fingerprint density at radius 2 is 1.31 bits per heavy atom. The van der Waals surface area contributed by atoms with E-state index in [9.17, 15) is 14.7 Å². The first-order valence-electron chi connectivity index (χ1n) is 9.39. The number of phenolic OH excluding ortho intramolecular Hbond substituents is 1. The lowest BCUT2D eigenvalue weighted by molar-refractivity contribution is -0.141. The lowest BCUT2D eigenvalue weighted by Gasteiger charge is -2.26. The first kappa shape index (κ1) is 20.1. The van der Waals surface area contributed by atoms with Gasteiger partial charge in [0, 0.05) is 13.1 Å². The lowest BCUT2D eigenvalue weighted by atomic mass is 10.1. The molecule has 1 amide bonds. The van der Waals surface area contributed by atoms with Gasteiger partial charge in [-0.15, -0.1) is 0 Å². The largest absolute Gasteiger partial charge is 0.508 e. The molecule has 0 fully saturated rings. The molecule has 3 rings (SSSR count). The maximum Gasteiger partial charge on any atom is 0.338 e. The summed E-state index contributed by atoms with van der Waals surface area (Å²) in [5, 5.41) is 9.35. The Bertz CT molecular complexity index is 898. The Morgan fingerprint density at radius 3 is 1.79 bits per heavy atom. The minimum absolute atomic E-state index is 0.0579. The monoisotopic (exact) mass is 389 g/mol. The Hall–Kier alpha value is -3.60. The van der Waals surface area contributed by atoms with Gasteiger partial charge in [-0.25, -0.2) is 4.79 Å². The standard InChI is InChI=1S/C24H23NO4/c1-18(29-24(28)21-12-14-22(26)15-13-21)23(27)25(16-19-8-4-2-5-9-19)17-20-10-6-3-7-11-20/h2-15,18,26H,16-17H2,1H3. The van der Waals surface area contributed by atoms with E-state index in [1.54, 1.807) is 11.8 Å². The minimum atomic E-state index is -0.941. The van der Waals surface area contributed by atoms with Crippen molar-refractivity contribution in [3.05, 3.63) is 102 Å². The summed E-state index contributed by atoms with van der Waals surface area (Å²) in [6.07, 6.45) is -0.941. The van der Waals surface area contributed by atoms with Crippen molar-refractivity contribution in [3.63, 3.8) is 0 Å². The highest BCUT2D eigenvalue weighted by atomic mass is 16.5. The summed E-state index contributed by atoms with van der Waals surface area (Å²) in [7, 11) is 0. The molecule has 3 aromatic carbocycles. The summed E-state index contributed by atoms with van der Waals surface area (Å²) >= 11 is 0. The number of nitrogens with zero attached hydrogens (tertiary/aromatic N) is 1. The van der Waals surface area contributed by atoms with Crippen LogP contribution in [0.1, 0.15) is 28.4 Å². The first-order valence-corrected chi connectivity index (χ1v) is 9.39. The molecule has 0 radical (unpaired) electrons. The summed E-state index contributed by atoms with van der Waals surface area (Å²) in [4.78, 5) is 27.1. The van der Waals surface area contributed by atoms with E-state index in [1.807, 2.05) is 60.7 Å². The molecule has 5 nitrogen and oxygen atoms in total. The number of esters is 1. The highest BCUT2D eigenvalue weighted by Crippen LogP contribution is 2.15. The predicted molar refractivity (Wildman–Crippen MR) is 110 cm³/mol. The SMILES string of the molecule is CC(OC(=O)c1ccc(O)cc1)C(=O)N(Cc1ccccc1)Cc1ccccc1. The first-order chi connectivity index (χ1) is 14.0. The second kappa shape index (κ2) is 9.55. The number of benzene rings is 3. The molecule has 0 heterocycles. The zero-order valence-corrected chi connectivity index (χ0v) is 16.2. The van der Waals surface area contributed by atoms with Crippen LogP contribution in [-0.4, -0.2) is 28.0 Å². The maximum absolute atomic E-state index is 13.1. The molecule has 1 unspecified atom stereocenters. The van der Waals surface area contributed by atoms with Gasteiger partial charge in [0.25, 0.3) is 5.91 Å². The van der Waals surface area contributed by atoms with Crippen molar-refractivity contribution in [2.45, 2.75) is 26.1 Å². The molecule has 148 valence electrons. The maximum atomic E-state index is 13.1. The Labute approximate surface area is 170 Å². The molecular weight excluding hydrogens is 366 g/mol. The van der Waals surface area contributed by atoms with Crippen molar-refractivity contribution in [1.29, 1.82) is 0 Å². The number of rotatable bonds is 7. The van der Waals surface area contributed by atoms with Gasteiger partial charge >= 0.3 is 5.97 Å². The third-order valence-corrected chi connectivity index (χ3v) is 4.48. The smallest absolute Gasteiger partial charge is 0.338 e. The van der Waals surface area contributed by atoms with Crippen LogP contribution in [-0.2, 0) is 22.6 Å². The van der Waals surface area contributed by atoms with E-state index in [0.29, 0.717) is 13.1 Å². The van der Waals surface area contributed by atoms with Gasteiger partial charge in [0.1, 0.15) is 5.75 Å². The fourth-order valence-corrected chi connectivity index (χ4v) is 2.95. The average molecular weight is 389 g/mol. The van der Waals surface area contributed by atoms with Crippen LogP contribution in [0.2, 0.25) is 0 Å². The molecule has 29 heavy (non-hydrogen) atoms. The van der Waals surface area contributed by atoms with Gasteiger partial charge < -0.3 is 14.7 Å². The summed E-state index contributed by atoms with van der Waals surface area (Å²) in [6.45, 7) is 2.40. The van der Waals surface area contributed by atoms with Crippen molar-refractivity contribution < 1.29 is 19.4 Å². The quantitative estimate of drug-likeness (QED) is 0.616. The van der Waals surface area contributed by atoms with Crippen molar-refractivity contribution in [1.82, 2.24) is 4.90 Å². The molecule has 0 saturated carbocycles. The molecule has 0 aliphatic carbocycles. The number of ether oxygens (including phenoxy) is 1. The fraction of sp³-hybridized carbons (Fsp3) is 0.167. The minimum Gasteiger partial charge on any atom is -0.508 e. The second-order valence-electron chi connectivity index (χ2n) is 6.76. The number of carbonyl (C=O) groups excluding carboxylic acids is 2. The highest BCUT2D eigenvalue weighted by Gasteiger charge is 2.25. The zero-order valence-electron chi connectivity index (χ0n) is 16.2. The lowest BCUT2D eigenvalue weighted by Crippen LogP contribution is -2.39. The molecule has 0 spiro atoms. The van der Waals surface area contributed by atoms with Crippen molar-refractivity contribution in [3.8, 4) is 5.75 Å². The van der Waals surface area contributed by atoms with Crippen molar-refractivity contribution in [2.24, 2.45) is 0 Å². The topological polar surface area (TPSA) is 66.8 Å². The van der Waals surface area contributed by atoms with Crippen LogP contribution < -0.4 is 0 Å². The second-order valence-corrected chi connectivity index (χ2v) is 6.76. The fourth-order valence-electron chi connectivity index (χ4n) is 2.95. The van der Waals surface area contributed by atoms with Gasteiger partial charge in [-0.2, -0.15) is 0 Å². The average Bonchev–Trinajstić information content (AvgIpc) is 2.74. The molecule has 0 aliphatic heterocycles. The Kier molecular flexibility index (Phi) is 6.63. The summed E-state index contributed by atoms with van der Waals surface area (Å²) in [5.74, 6) is -0.822. The predicted octanol–water partition coefficient (Wildman–Crippen LogP) is 4.17. The molecule has 0 aliphatic rings. The zero-order chi connectivity index (χ0) is 20.6. The molecule has 1 N–H and O–H groups in total. The third kappa shape index (κ3) is 5.69. The Morgan fingerprint density at radius 1 is 0.828 bits per heavy atom. The molecule has 5 heteroatoms. The van der Waals surface area contributed by atoms with Gasteiger partial charge in [0.15, 0.2) is 6.10 Å². The van der Waals surface area contributed by atoms with Crippen LogP contribution in [0.3, 0.4) is 0 Å². The van der Waals surface area contributed by atoms with E-state index in [1.165, 1.54) is 24.3 Å². The molecule has 1 atom stereocenters. The highest BCUT2D eigenvalue weighted by molar-refractivity contribution is 5.92. The molecular formula is C24H23NO4. The number of phenols is 1. The van der Waals surface area contributed by atoms with Crippen molar-refractivity contribution >= 4 is 11.9 Å². The van der Waals surface area contributed by atoms with E-state index in [2.05, 4.69) is 0 Å². The van der Waals surface area contributed by atoms with Gasteiger partial charge in [-0.3, -0.25) is 4.79 Å². The van der Waals surface area contributed by atoms with E-state index in [-0.39, 0.29) is 17.2 Å². The van der Waals surface area contributed by atoms with Crippen LogP contribution in [0.15, 0.2) is 84.9 Å². The van der Waals surface area contributed by atoms with Crippen LogP contribution in [0, 0.1) is 0 Å². The van der Waals surface area contributed by atoms with E-state index < -0.39 is 12.1 Å². The summed E-state index contributed by atoms with van der Waals surface area (Å²) in [5.41, 5.74) is 2.27. The van der Waals surface area contributed by atoms with Gasteiger partial charge in [0.2, 0.25) is 0 Å². The number of amides is 1. The van der Waals surface area contributed by atoms with Crippen LogP contribution in [0.4, 0.5) is 0 Å². The van der Waals surface area contributed by atoms with E-state index in [4.69, 9.17) is 4.74 Å². The normalized spacial score (nSPS) is 11.5. The van der Waals surface area contributed by atoms with Gasteiger partial charge in [0.05, 0.1) is 5.56 Å². The molecule has 0 aromatic heterocycles. The van der Waals surface area contributed by atoms with Crippen LogP contribution in [0.25, 0.3) is 0 Å². The molecule has 3 aromatic rings. The van der Waals surface area contributed by atoms with Gasteiger partial charge in [-0.1, -0.05) is 60.7 Å². The summed E-state index contributed by atoms with van der Waals surface area (Å²) in [6, 6.07) is 25.1. The number of aromatic hydroxyl groups is 1. The molecule has 0 bridgehead atoms. The van der Waals surface area contributed by atoms with E-state index >= 15 is 0 Å². The summed E-state index contributed by atoms with van der Waals surface area (Å²) < 4.78 is 5.38. The number of carbonyl (C=O) groups is 2. The number of hydrogen-bond acceptors (Lipinski definition) is 4.